The molecule has 2 fully saturated rings. The first-order chi connectivity index (χ1) is 13.9. The van der Waals surface area contributed by atoms with Crippen molar-refractivity contribution in [3.63, 3.8) is 0 Å². The summed E-state index contributed by atoms with van der Waals surface area (Å²) >= 11 is 3.34. The minimum atomic E-state index is -0.213. The van der Waals surface area contributed by atoms with E-state index in [4.69, 9.17) is 4.74 Å². The van der Waals surface area contributed by atoms with E-state index in [1.54, 1.807) is 48.5 Å². The molecule has 1 saturated heterocycles. The standard InChI is InChI=1S/C23H22BrNO4/c1-14-5-10-19-20(11-14)23(28)25(22(19)27)17-3-2-4-18(12-17)29-13-21(26)15-6-8-16(24)9-7-15/h2-4,6-9,12,14,19-20H,5,10-11,13H2,1H3. The fourth-order valence-electron chi connectivity index (χ4n) is 4.22. The number of carbonyl (C=O) groups excluding carboxylic acids is 3. The Hall–Kier alpha value is -2.47. The van der Waals surface area contributed by atoms with E-state index in [1.165, 1.54) is 4.90 Å². The molecule has 1 aliphatic heterocycles. The van der Waals surface area contributed by atoms with Crippen molar-refractivity contribution in [3.05, 3.63) is 58.6 Å². The van der Waals surface area contributed by atoms with Crippen LogP contribution < -0.4 is 9.64 Å². The van der Waals surface area contributed by atoms with E-state index in [0.717, 1.165) is 23.7 Å². The quantitative estimate of drug-likeness (QED) is 0.486. The molecule has 0 spiro atoms. The maximum atomic E-state index is 12.9. The maximum absolute atomic E-state index is 12.9. The Labute approximate surface area is 178 Å². The molecule has 150 valence electrons. The SMILES string of the molecule is CC1CCC2C(=O)N(c3cccc(OCC(=O)c4ccc(Br)cc4)c3)C(=O)C2C1. The van der Waals surface area contributed by atoms with Crippen molar-refractivity contribution in [2.24, 2.45) is 17.8 Å². The Bertz CT molecular complexity index is 956. The van der Waals surface area contributed by atoms with Crippen LogP contribution in [0.4, 0.5) is 5.69 Å². The number of hydrogen-bond acceptors (Lipinski definition) is 4. The molecule has 4 rings (SSSR count). The zero-order valence-electron chi connectivity index (χ0n) is 16.1. The molecule has 1 saturated carbocycles. The van der Waals surface area contributed by atoms with Crippen molar-refractivity contribution in [1.82, 2.24) is 0 Å². The summed E-state index contributed by atoms with van der Waals surface area (Å²) in [7, 11) is 0. The zero-order chi connectivity index (χ0) is 20.5. The van der Waals surface area contributed by atoms with Crippen molar-refractivity contribution in [2.75, 3.05) is 11.5 Å². The molecule has 0 aromatic heterocycles. The molecular formula is C23H22BrNO4. The van der Waals surface area contributed by atoms with Crippen molar-refractivity contribution in [2.45, 2.75) is 26.2 Å². The van der Waals surface area contributed by atoms with Crippen molar-refractivity contribution in [3.8, 4) is 5.75 Å². The summed E-state index contributed by atoms with van der Waals surface area (Å²) in [5, 5.41) is 0. The van der Waals surface area contributed by atoms with Crippen molar-refractivity contribution < 1.29 is 19.1 Å². The minimum Gasteiger partial charge on any atom is -0.485 e. The zero-order valence-corrected chi connectivity index (χ0v) is 17.7. The number of rotatable bonds is 5. The first-order valence-corrected chi connectivity index (χ1v) is 10.6. The Morgan fingerprint density at radius 2 is 1.79 bits per heavy atom. The van der Waals surface area contributed by atoms with Crippen LogP contribution >= 0.6 is 15.9 Å². The number of imide groups is 1. The first-order valence-electron chi connectivity index (χ1n) is 9.83. The molecule has 0 bridgehead atoms. The van der Waals surface area contributed by atoms with Crippen LogP contribution in [0.2, 0.25) is 0 Å². The average Bonchev–Trinajstić information content (AvgIpc) is 2.96. The highest BCUT2D eigenvalue weighted by Crippen LogP contribution is 2.42. The average molecular weight is 456 g/mol. The van der Waals surface area contributed by atoms with E-state index in [2.05, 4.69) is 22.9 Å². The molecule has 0 radical (unpaired) electrons. The summed E-state index contributed by atoms with van der Waals surface area (Å²) in [5.74, 6) is 0.127. The lowest BCUT2D eigenvalue weighted by Crippen LogP contribution is -2.30. The number of halogens is 1. The number of anilines is 1. The molecule has 29 heavy (non-hydrogen) atoms. The van der Waals surface area contributed by atoms with Gasteiger partial charge in [-0.15, -0.1) is 0 Å². The van der Waals surface area contributed by atoms with Gasteiger partial charge in [0, 0.05) is 16.1 Å². The summed E-state index contributed by atoms with van der Waals surface area (Å²) in [5.41, 5.74) is 1.07. The van der Waals surface area contributed by atoms with Crippen LogP contribution in [0.15, 0.2) is 53.0 Å². The second-order valence-corrected chi connectivity index (χ2v) is 8.77. The van der Waals surface area contributed by atoms with Crippen molar-refractivity contribution in [1.29, 1.82) is 0 Å². The summed E-state index contributed by atoms with van der Waals surface area (Å²) in [6.07, 6.45) is 2.52. The number of hydrogen-bond donors (Lipinski definition) is 0. The highest BCUT2D eigenvalue weighted by atomic mass is 79.9. The van der Waals surface area contributed by atoms with Gasteiger partial charge in [0.25, 0.3) is 0 Å². The van der Waals surface area contributed by atoms with E-state index in [0.29, 0.717) is 22.9 Å². The second kappa shape index (κ2) is 8.11. The van der Waals surface area contributed by atoms with Gasteiger partial charge in [-0.25, -0.2) is 4.90 Å². The number of fused-ring (bicyclic) bond motifs is 1. The van der Waals surface area contributed by atoms with E-state index >= 15 is 0 Å². The predicted molar refractivity (Wildman–Crippen MR) is 113 cm³/mol. The highest BCUT2D eigenvalue weighted by Gasteiger charge is 2.49. The minimum absolute atomic E-state index is 0.115. The van der Waals surface area contributed by atoms with Gasteiger partial charge in [0.15, 0.2) is 12.4 Å². The molecule has 2 amide bonds. The molecule has 3 atom stereocenters. The number of ether oxygens (including phenoxy) is 1. The molecular weight excluding hydrogens is 434 g/mol. The first kappa shape index (κ1) is 19.8. The van der Waals surface area contributed by atoms with E-state index in [-0.39, 0.29) is 36.0 Å². The van der Waals surface area contributed by atoms with E-state index < -0.39 is 0 Å². The normalized spacial score (nSPS) is 23.8. The Morgan fingerprint density at radius 1 is 1.07 bits per heavy atom. The molecule has 2 aromatic rings. The molecule has 3 unspecified atom stereocenters. The van der Waals surface area contributed by atoms with Crippen LogP contribution in [-0.4, -0.2) is 24.2 Å². The number of Topliss-reactive ketones (excluding diaryl/α,β-unsaturated/α-hetero) is 1. The van der Waals surface area contributed by atoms with Gasteiger partial charge in [-0.3, -0.25) is 14.4 Å². The van der Waals surface area contributed by atoms with E-state index in [1.807, 2.05) is 0 Å². The molecule has 0 N–H and O–H groups in total. The van der Waals surface area contributed by atoms with Gasteiger partial charge in [0.05, 0.1) is 17.5 Å². The lowest BCUT2D eigenvalue weighted by atomic mass is 9.76. The molecule has 1 heterocycles. The summed E-state index contributed by atoms with van der Waals surface area (Å²) in [4.78, 5) is 39.4. The Morgan fingerprint density at radius 3 is 2.55 bits per heavy atom. The summed E-state index contributed by atoms with van der Waals surface area (Å²) in [6, 6.07) is 13.9. The van der Waals surface area contributed by atoms with Gasteiger partial charge in [-0.1, -0.05) is 41.1 Å². The van der Waals surface area contributed by atoms with Gasteiger partial charge in [0.2, 0.25) is 11.8 Å². The molecule has 5 nitrogen and oxygen atoms in total. The molecule has 2 aromatic carbocycles. The largest absolute Gasteiger partial charge is 0.485 e. The summed E-state index contributed by atoms with van der Waals surface area (Å²) < 4.78 is 6.55. The highest BCUT2D eigenvalue weighted by molar-refractivity contribution is 9.10. The Kier molecular flexibility index (Phi) is 5.54. The van der Waals surface area contributed by atoms with E-state index in [9.17, 15) is 14.4 Å². The van der Waals surface area contributed by atoms with Gasteiger partial charge >= 0.3 is 0 Å². The third-order valence-electron chi connectivity index (χ3n) is 5.80. The number of amides is 2. The van der Waals surface area contributed by atoms with Crippen LogP contribution in [0.5, 0.6) is 5.75 Å². The van der Waals surface area contributed by atoms with Gasteiger partial charge < -0.3 is 4.74 Å². The predicted octanol–water partition coefficient (Wildman–Crippen LogP) is 4.64. The van der Waals surface area contributed by atoms with Gasteiger partial charge in [0.1, 0.15) is 5.75 Å². The number of nitrogens with zero attached hydrogens (tertiary/aromatic N) is 1. The molecule has 2 aliphatic rings. The van der Waals surface area contributed by atoms with Gasteiger partial charge in [-0.2, -0.15) is 0 Å². The van der Waals surface area contributed by atoms with Crippen LogP contribution in [-0.2, 0) is 9.59 Å². The third-order valence-corrected chi connectivity index (χ3v) is 6.33. The molecule has 1 aliphatic carbocycles. The third kappa shape index (κ3) is 3.99. The smallest absolute Gasteiger partial charge is 0.237 e. The lowest BCUT2D eigenvalue weighted by Gasteiger charge is -2.25. The van der Waals surface area contributed by atoms with Gasteiger partial charge in [-0.05, 0) is 49.4 Å². The van der Waals surface area contributed by atoms with Crippen LogP contribution in [0, 0.1) is 17.8 Å². The van der Waals surface area contributed by atoms with Crippen LogP contribution in [0.25, 0.3) is 0 Å². The molecule has 6 heteroatoms. The fraction of sp³-hybridized carbons (Fsp3) is 0.348. The number of carbonyl (C=O) groups is 3. The monoisotopic (exact) mass is 455 g/mol. The Balaban J connectivity index is 1.47. The van der Waals surface area contributed by atoms with Crippen molar-refractivity contribution >= 4 is 39.2 Å². The summed E-state index contributed by atoms with van der Waals surface area (Å²) in [6.45, 7) is 2.02. The topological polar surface area (TPSA) is 63.7 Å². The number of benzene rings is 2. The second-order valence-electron chi connectivity index (χ2n) is 7.86. The fourth-order valence-corrected chi connectivity index (χ4v) is 4.49. The van der Waals surface area contributed by atoms with Crippen LogP contribution in [0.1, 0.15) is 36.5 Å². The number of ketones is 1. The maximum Gasteiger partial charge on any atom is 0.237 e. The van der Waals surface area contributed by atoms with Crippen LogP contribution in [0.3, 0.4) is 0 Å². The lowest BCUT2D eigenvalue weighted by molar-refractivity contribution is -0.122.